The fraction of sp³-hybridized carbons (Fsp3) is 0.933. The molecule has 16 heteroatoms. The number of amides is 2. The minimum atomic E-state index is -0.199. The van der Waals surface area contributed by atoms with E-state index in [9.17, 15) is 14.4 Å². The Kier molecular flexibility index (Phi) is 32.9. The molecule has 0 aromatic rings. The Labute approximate surface area is 371 Å². The summed E-state index contributed by atoms with van der Waals surface area (Å²) in [6, 6.07) is 0. The third-order valence-electron chi connectivity index (χ3n) is 9.68. The molecule has 61 heavy (non-hydrogen) atoms. The second-order valence-corrected chi connectivity index (χ2v) is 21.0. The Morgan fingerprint density at radius 1 is 0.443 bits per heavy atom. The number of aldehydes is 1. The quantitative estimate of drug-likeness (QED) is 0.0387. The van der Waals surface area contributed by atoms with E-state index in [-0.39, 0.29) is 57.1 Å². The van der Waals surface area contributed by atoms with E-state index in [4.69, 9.17) is 51.4 Å². The highest BCUT2D eigenvalue weighted by molar-refractivity contribution is 5.76. The van der Waals surface area contributed by atoms with Crippen LogP contribution in [0.5, 0.6) is 0 Å². The molecule has 364 valence electrons. The van der Waals surface area contributed by atoms with Gasteiger partial charge in [0, 0.05) is 84.5 Å². The standard InChI is InChI=1S/C35H71N5O8.C10H24N2O/c1-32(2,22-36)26-47-28-34(5,6)24-38-30(42)10-17-45-20-13-40(12-19-44-16-9-15-41)14-21-46-18-11-31(43)39-25-35(7,8)29-48-27-33(3,4)23-37;1-9(2,5-11)7-13-8-10(3,4)6-12/h15H,9-14,16-29,36-37H2,1-8H3,(H,38,42)(H,39,43);5-8,11-12H2,1-4H3. The molecule has 0 rings (SSSR count). The van der Waals surface area contributed by atoms with Gasteiger partial charge < -0.3 is 66.8 Å². The Hall–Kier alpha value is -1.83. The molecule has 0 saturated carbocycles. The second-order valence-electron chi connectivity index (χ2n) is 21.0. The summed E-state index contributed by atoms with van der Waals surface area (Å²) >= 11 is 0. The van der Waals surface area contributed by atoms with Gasteiger partial charge in [-0.3, -0.25) is 14.5 Å². The first-order valence-electron chi connectivity index (χ1n) is 22.3. The molecule has 0 aliphatic heterocycles. The molecule has 0 aliphatic carbocycles. The number of hydrogen-bond acceptors (Lipinski definition) is 14. The summed E-state index contributed by atoms with van der Waals surface area (Å²) in [5, 5.41) is 5.95. The molecule has 0 aromatic carbocycles. The van der Waals surface area contributed by atoms with Crippen molar-refractivity contribution in [1.29, 1.82) is 0 Å². The van der Waals surface area contributed by atoms with E-state index in [1.54, 1.807) is 0 Å². The fourth-order valence-electron chi connectivity index (χ4n) is 4.68. The van der Waals surface area contributed by atoms with E-state index >= 15 is 0 Å². The van der Waals surface area contributed by atoms with E-state index < -0.39 is 0 Å². The monoisotopic (exact) mass is 878 g/mol. The van der Waals surface area contributed by atoms with Gasteiger partial charge in [-0.15, -0.1) is 0 Å². The maximum Gasteiger partial charge on any atom is 0.222 e. The van der Waals surface area contributed by atoms with Gasteiger partial charge in [0.25, 0.3) is 0 Å². The van der Waals surface area contributed by atoms with Gasteiger partial charge in [0.05, 0.1) is 79.3 Å². The summed E-state index contributed by atoms with van der Waals surface area (Å²) in [7, 11) is 0. The van der Waals surface area contributed by atoms with E-state index in [0.29, 0.717) is 145 Å². The topological polar surface area (TPSA) is 238 Å². The highest BCUT2D eigenvalue weighted by atomic mass is 16.5. The normalized spacial score (nSPS) is 12.9. The van der Waals surface area contributed by atoms with Crippen molar-refractivity contribution < 1.29 is 42.8 Å². The van der Waals surface area contributed by atoms with E-state index in [1.807, 2.05) is 0 Å². The van der Waals surface area contributed by atoms with Crippen LogP contribution in [0.25, 0.3) is 0 Å². The molecule has 16 nitrogen and oxygen atoms in total. The third kappa shape index (κ3) is 38.4. The van der Waals surface area contributed by atoms with Crippen LogP contribution in [0, 0.1) is 32.5 Å². The molecule has 0 unspecified atom stereocenters. The first-order chi connectivity index (χ1) is 28.3. The lowest BCUT2D eigenvalue weighted by Gasteiger charge is -2.28. The van der Waals surface area contributed by atoms with Crippen LogP contribution in [0.3, 0.4) is 0 Å². The number of nitrogens with one attached hydrogen (secondary N) is 2. The van der Waals surface area contributed by atoms with Crippen LogP contribution in [0.4, 0.5) is 0 Å². The van der Waals surface area contributed by atoms with E-state index in [1.165, 1.54) is 0 Å². The van der Waals surface area contributed by atoms with Crippen LogP contribution in [-0.2, 0) is 42.8 Å². The molecule has 10 N–H and O–H groups in total. The zero-order chi connectivity index (χ0) is 47.1. The van der Waals surface area contributed by atoms with Gasteiger partial charge in [-0.25, -0.2) is 0 Å². The molecule has 0 saturated heterocycles. The summed E-state index contributed by atoms with van der Waals surface area (Å²) in [5.74, 6) is -0.127. The zero-order valence-electron chi connectivity index (χ0n) is 41.0. The maximum absolute atomic E-state index is 12.4. The Morgan fingerprint density at radius 3 is 1.00 bits per heavy atom. The lowest BCUT2D eigenvalue weighted by Crippen LogP contribution is -2.38. The summed E-state index contributed by atoms with van der Waals surface area (Å²) in [5.41, 5.74) is 22.3. The molecule has 0 fully saturated rings. The van der Waals surface area contributed by atoms with E-state index in [0.717, 1.165) is 6.29 Å². The highest BCUT2D eigenvalue weighted by Crippen LogP contribution is 2.20. The van der Waals surface area contributed by atoms with Gasteiger partial charge in [-0.1, -0.05) is 83.1 Å². The zero-order valence-corrected chi connectivity index (χ0v) is 41.0. The smallest absolute Gasteiger partial charge is 0.222 e. The van der Waals surface area contributed by atoms with Gasteiger partial charge >= 0.3 is 0 Å². The molecule has 0 atom stereocenters. The number of carbonyl (C=O) groups is 3. The average Bonchev–Trinajstić information content (AvgIpc) is 3.18. The number of ether oxygens (including phenoxy) is 6. The third-order valence-corrected chi connectivity index (χ3v) is 9.68. The van der Waals surface area contributed by atoms with Gasteiger partial charge in [0.2, 0.25) is 11.8 Å². The molecule has 2 amide bonds. The molecular weight excluding hydrogens is 783 g/mol. The number of carbonyl (C=O) groups excluding carboxylic acids is 3. The Bertz CT molecular complexity index is 1060. The van der Waals surface area contributed by atoms with Crippen LogP contribution in [0.15, 0.2) is 0 Å². The maximum atomic E-state index is 12.4. The predicted octanol–water partition coefficient (Wildman–Crippen LogP) is 2.97. The van der Waals surface area contributed by atoms with Crippen molar-refractivity contribution in [3.63, 3.8) is 0 Å². The Balaban J connectivity index is 0. The van der Waals surface area contributed by atoms with Crippen molar-refractivity contribution in [2.24, 2.45) is 55.4 Å². The first-order valence-corrected chi connectivity index (χ1v) is 22.3. The van der Waals surface area contributed by atoms with Crippen LogP contribution in [0.2, 0.25) is 0 Å². The number of hydrogen-bond donors (Lipinski definition) is 6. The summed E-state index contributed by atoms with van der Waals surface area (Å²) in [6.07, 6.45) is 1.74. The van der Waals surface area contributed by atoms with Gasteiger partial charge in [0.1, 0.15) is 6.29 Å². The summed E-state index contributed by atoms with van der Waals surface area (Å²) in [4.78, 5) is 37.4. The van der Waals surface area contributed by atoms with Crippen LogP contribution >= 0.6 is 0 Å². The first kappa shape index (κ1) is 61.3. The second kappa shape index (κ2) is 32.8. The number of nitrogens with two attached hydrogens (primary N) is 4. The van der Waals surface area contributed by atoms with Gasteiger partial charge in [-0.2, -0.15) is 0 Å². The minimum Gasteiger partial charge on any atom is -0.380 e. The van der Waals surface area contributed by atoms with Crippen molar-refractivity contribution >= 4 is 18.1 Å². The molecule has 0 radical (unpaired) electrons. The summed E-state index contributed by atoms with van der Waals surface area (Å²) < 4.78 is 34.3. The lowest BCUT2D eigenvalue weighted by molar-refractivity contribution is -0.123. The van der Waals surface area contributed by atoms with Crippen molar-refractivity contribution in [1.82, 2.24) is 15.5 Å². The van der Waals surface area contributed by atoms with Crippen LogP contribution in [-0.4, -0.2) is 161 Å². The van der Waals surface area contributed by atoms with Crippen LogP contribution in [0.1, 0.15) is 102 Å². The molecule has 0 spiro atoms. The Morgan fingerprint density at radius 2 is 0.721 bits per heavy atom. The largest absolute Gasteiger partial charge is 0.380 e. The molecule has 0 heterocycles. The van der Waals surface area contributed by atoms with Crippen molar-refractivity contribution in [2.75, 3.05) is 138 Å². The highest BCUT2D eigenvalue weighted by Gasteiger charge is 2.24. The number of nitrogens with zero attached hydrogens (tertiary/aromatic N) is 1. The SMILES string of the molecule is CC(C)(CN)COCC(C)(C)CN.CC(C)(CN)COCC(C)(C)CNC(=O)CCOCCN(CCOCCC=O)CCOCCC(=O)NCC(C)(C)COCC(C)(C)CN. The van der Waals surface area contributed by atoms with Crippen LogP contribution < -0.4 is 33.6 Å². The molecular formula is C45H95N7O9. The predicted molar refractivity (Wildman–Crippen MR) is 246 cm³/mol. The molecule has 0 aliphatic rings. The van der Waals surface area contributed by atoms with Gasteiger partial charge in [0.15, 0.2) is 0 Å². The lowest BCUT2D eigenvalue weighted by atomic mass is 9.93. The van der Waals surface area contributed by atoms with E-state index in [2.05, 4.69) is 98.6 Å². The van der Waals surface area contributed by atoms with Crippen molar-refractivity contribution in [3.8, 4) is 0 Å². The van der Waals surface area contributed by atoms with Crippen molar-refractivity contribution in [2.45, 2.75) is 102 Å². The molecule has 0 aromatic heterocycles. The minimum absolute atomic E-state index is 0.0633. The average molecular weight is 878 g/mol. The fourth-order valence-corrected chi connectivity index (χ4v) is 4.68. The van der Waals surface area contributed by atoms with Gasteiger partial charge in [-0.05, 0) is 26.2 Å². The summed E-state index contributed by atoms with van der Waals surface area (Å²) in [6.45, 7) is 36.2. The number of rotatable bonds is 38. The van der Waals surface area contributed by atoms with Crippen molar-refractivity contribution in [3.05, 3.63) is 0 Å². The molecule has 0 bridgehead atoms.